The van der Waals surface area contributed by atoms with Crippen LogP contribution in [-0.2, 0) is 6.42 Å². The van der Waals surface area contributed by atoms with Crippen LogP contribution in [0.25, 0.3) is 11.1 Å². The molecule has 0 saturated carbocycles. The summed E-state index contributed by atoms with van der Waals surface area (Å²) in [6.07, 6.45) is -3.13. The molecule has 2 aromatic heterocycles. The molecule has 0 atom stereocenters. The van der Waals surface area contributed by atoms with E-state index in [2.05, 4.69) is 25.5 Å². The van der Waals surface area contributed by atoms with Gasteiger partial charge in [-0.1, -0.05) is 36.4 Å². The van der Waals surface area contributed by atoms with E-state index in [1.807, 2.05) is 43.3 Å². The average Bonchev–Trinajstić information content (AvgIpc) is 3.32. The topological polar surface area (TPSA) is 92.8 Å². The van der Waals surface area contributed by atoms with Gasteiger partial charge in [0.2, 0.25) is 5.82 Å². The van der Waals surface area contributed by atoms with Crippen molar-refractivity contribution in [3.05, 3.63) is 89.6 Å². The second kappa shape index (κ2) is 11.0. The molecule has 0 unspecified atom stereocenters. The molecule has 0 radical (unpaired) electrons. The molecule has 0 aliphatic carbocycles. The number of H-pyrrole nitrogens is 1. The Morgan fingerprint density at radius 1 is 1.06 bits per heavy atom. The first kappa shape index (κ1) is 24.9. The number of benzene rings is 2. The van der Waals surface area contributed by atoms with E-state index in [9.17, 15) is 18.0 Å². The first-order valence-corrected chi connectivity index (χ1v) is 11.3. The molecule has 2 heterocycles. The number of nitrogens with zero attached hydrogens (tertiary/aromatic N) is 3. The van der Waals surface area contributed by atoms with E-state index >= 15 is 0 Å². The quantitative estimate of drug-likeness (QED) is 0.289. The summed E-state index contributed by atoms with van der Waals surface area (Å²) in [6, 6.07) is 18.5. The van der Waals surface area contributed by atoms with E-state index in [4.69, 9.17) is 4.74 Å². The number of anilines is 1. The third kappa shape index (κ3) is 6.91. The van der Waals surface area contributed by atoms with Gasteiger partial charge in [-0.3, -0.25) is 4.79 Å². The van der Waals surface area contributed by atoms with Crippen molar-refractivity contribution in [3.63, 3.8) is 0 Å². The maximum atomic E-state index is 12.7. The molecule has 0 spiro atoms. The van der Waals surface area contributed by atoms with Crippen LogP contribution in [0.3, 0.4) is 0 Å². The summed E-state index contributed by atoms with van der Waals surface area (Å²) >= 11 is 0. The highest BCUT2D eigenvalue weighted by molar-refractivity contribution is 6.01. The average molecular weight is 496 g/mol. The van der Waals surface area contributed by atoms with Gasteiger partial charge in [0.1, 0.15) is 17.4 Å². The zero-order valence-corrected chi connectivity index (χ0v) is 19.5. The first-order chi connectivity index (χ1) is 17.3. The van der Waals surface area contributed by atoms with Gasteiger partial charge in [0.05, 0.1) is 6.61 Å². The lowest BCUT2D eigenvalue weighted by atomic mass is 10.0. The minimum Gasteiger partial charge on any atom is -0.494 e. The number of ether oxygens (including phenoxy) is 1. The number of rotatable bonds is 9. The lowest BCUT2D eigenvalue weighted by molar-refractivity contribution is -0.136. The van der Waals surface area contributed by atoms with Gasteiger partial charge in [0, 0.05) is 19.0 Å². The third-order valence-corrected chi connectivity index (χ3v) is 5.36. The summed E-state index contributed by atoms with van der Waals surface area (Å²) < 4.78 is 42.5. The molecule has 0 aliphatic heterocycles. The monoisotopic (exact) mass is 495 g/mol. The van der Waals surface area contributed by atoms with Crippen molar-refractivity contribution in [2.24, 2.45) is 0 Å². The lowest BCUT2D eigenvalue weighted by Gasteiger charge is -2.12. The highest BCUT2D eigenvalue weighted by atomic mass is 19.4. The van der Waals surface area contributed by atoms with Crippen molar-refractivity contribution >= 4 is 11.7 Å². The minimum absolute atomic E-state index is 0.0386. The molecule has 4 rings (SSSR count). The van der Waals surface area contributed by atoms with Crippen molar-refractivity contribution in [2.45, 2.75) is 32.4 Å². The summed E-state index contributed by atoms with van der Waals surface area (Å²) in [5.41, 5.74) is 3.55. The number of pyridine rings is 1. The van der Waals surface area contributed by atoms with Crippen molar-refractivity contribution in [3.8, 4) is 16.9 Å². The molecule has 2 N–H and O–H groups in total. The minimum atomic E-state index is -4.20. The molecular weight excluding hydrogens is 471 g/mol. The van der Waals surface area contributed by atoms with Gasteiger partial charge in [-0.2, -0.15) is 13.2 Å². The summed E-state index contributed by atoms with van der Waals surface area (Å²) in [5, 5.41) is 10.7. The number of hydrogen-bond acceptors (Lipinski definition) is 5. The Balaban J connectivity index is 1.42. The second-order valence-corrected chi connectivity index (χ2v) is 8.21. The fourth-order valence-electron chi connectivity index (χ4n) is 3.57. The number of hydrogen-bond donors (Lipinski definition) is 2. The molecule has 186 valence electrons. The number of nitrogens with one attached hydrogen (secondary N) is 2. The van der Waals surface area contributed by atoms with Crippen molar-refractivity contribution in [2.75, 3.05) is 11.9 Å². The van der Waals surface area contributed by atoms with Crippen LogP contribution < -0.4 is 10.1 Å². The van der Waals surface area contributed by atoms with Gasteiger partial charge in [-0.05, 0) is 59.9 Å². The SMILES string of the molecule is Cc1ccc(OCCCC(F)(F)F)cc1-c1ccnc(NC(=O)c2nnc(Cc3ccccc3)[nH]2)c1. The Kier molecular flexibility index (Phi) is 7.62. The number of aromatic amines is 1. The number of amides is 1. The van der Waals surface area contributed by atoms with Crippen LogP contribution in [0.1, 0.15) is 40.4 Å². The Morgan fingerprint density at radius 2 is 1.86 bits per heavy atom. The van der Waals surface area contributed by atoms with E-state index < -0.39 is 18.5 Å². The number of carbonyl (C=O) groups is 1. The Labute approximate surface area is 205 Å². The highest BCUT2D eigenvalue weighted by Gasteiger charge is 2.26. The van der Waals surface area contributed by atoms with Gasteiger partial charge in [-0.15, -0.1) is 10.2 Å². The lowest BCUT2D eigenvalue weighted by Crippen LogP contribution is -2.14. The largest absolute Gasteiger partial charge is 0.494 e. The van der Waals surface area contributed by atoms with Gasteiger partial charge in [0.15, 0.2) is 0 Å². The van der Waals surface area contributed by atoms with E-state index in [0.717, 1.165) is 22.3 Å². The molecule has 1 amide bonds. The Hall–Kier alpha value is -4.21. The zero-order chi connectivity index (χ0) is 25.5. The third-order valence-electron chi connectivity index (χ3n) is 5.36. The number of aryl methyl sites for hydroxylation is 1. The summed E-state index contributed by atoms with van der Waals surface area (Å²) in [6.45, 7) is 1.87. The molecular formula is C26H24F3N5O2. The van der Waals surface area contributed by atoms with Gasteiger partial charge >= 0.3 is 6.18 Å². The molecule has 2 aromatic carbocycles. The summed E-state index contributed by atoms with van der Waals surface area (Å²) in [4.78, 5) is 19.8. The van der Waals surface area contributed by atoms with E-state index in [0.29, 0.717) is 23.8 Å². The maximum absolute atomic E-state index is 12.7. The Bertz CT molecular complexity index is 1320. The summed E-state index contributed by atoms with van der Waals surface area (Å²) in [7, 11) is 0. The van der Waals surface area contributed by atoms with E-state index in [1.165, 1.54) is 0 Å². The predicted molar refractivity (Wildman–Crippen MR) is 129 cm³/mol. The van der Waals surface area contributed by atoms with Crippen LogP contribution in [0, 0.1) is 6.92 Å². The smallest absolute Gasteiger partial charge is 0.389 e. The molecule has 0 aliphatic rings. The number of aromatic nitrogens is 4. The van der Waals surface area contributed by atoms with Gasteiger partial charge < -0.3 is 15.0 Å². The Morgan fingerprint density at radius 3 is 2.64 bits per heavy atom. The van der Waals surface area contributed by atoms with Crippen LogP contribution in [0.15, 0.2) is 66.9 Å². The maximum Gasteiger partial charge on any atom is 0.389 e. The van der Waals surface area contributed by atoms with Crippen molar-refractivity contribution < 1.29 is 22.7 Å². The van der Waals surface area contributed by atoms with Crippen LogP contribution >= 0.6 is 0 Å². The molecule has 4 aromatic rings. The first-order valence-electron chi connectivity index (χ1n) is 11.3. The van der Waals surface area contributed by atoms with E-state index in [-0.39, 0.29) is 18.9 Å². The molecule has 0 fully saturated rings. The predicted octanol–water partition coefficient (Wildman–Crippen LogP) is 5.74. The standard InChI is InChI=1S/C26H24F3N5O2/c1-17-8-9-20(36-13-5-11-26(27,28)29)16-21(17)19-10-12-30-22(15-19)32-25(35)24-31-23(33-34-24)14-18-6-3-2-4-7-18/h2-4,6-10,12,15-16H,5,11,13-14H2,1H3,(H,30,32,35)(H,31,33,34). The van der Waals surface area contributed by atoms with Gasteiger partial charge in [-0.25, -0.2) is 4.98 Å². The van der Waals surface area contributed by atoms with Gasteiger partial charge in [0.25, 0.3) is 5.91 Å². The molecule has 0 saturated heterocycles. The summed E-state index contributed by atoms with van der Waals surface area (Å²) in [5.74, 6) is 0.932. The van der Waals surface area contributed by atoms with Crippen molar-refractivity contribution in [1.29, 1.82) is 0 Å². The fraction of sp³-hybridized carbons (Fsp3) is 0.231. The van der Waals surface area contributed by atoms with E-state index in [1.54, 1.807) is 30.5 Å². The van der Waals surface area contributed by atoms with Crippen LogP contribution in [0.4, 0.5) is 19.0 Å². The van der Waals surface area contributed by atoms with Crippen LogP contribution in [0.5, 0.6) is 5.75 Å². The molecule has 0 bridgehead atoms. The number of carbonyl (C=O) groups excluding carboxylic acids is 1. The number of halogens is 3. The molecule has 36 heavy (non-hydrogen) atoms. The fourth-order valence-corrected chi connectivity index (χ4v) is 3.57. The number of alkyl halides is 3. The van der Waals surface area contributed by atoms with Crippen molar-refractivity contribution in [1.82, 2.24) is 20.2 Å². The zero-order valence-electron chi connectivity index (χ0n) is 19.5. The normalized spacial score (nSPS) is 11.3. The van der Waals surface area contributed by atoms with Crippen LogP contribution in [0.2, 0.25) is 0 Å². The molecule has 7 nitrogen and oxygen atoms in total. The highest BCUT2D eigenvalue weighted by Crippen LogP contribution is 2.29. The molecule has 10 heteroatoms. The van der Waals surface area contributed by atoms with Crippen LogP contribution in [-0.4, -0.2) is 38.9 Å². The second-order valence-electron chi connectivity index (χ2n) is 8.21.